The van der Waals surface area contributed by atoms with Crippen LogP contribution in [0.15, 0.2) is 35.3 Å². The summed E-state index contributed by atoms with van der Waals surface area (Å²) in [4.78, 5) is 4.10. The molecule has 0 aliphatic carbocycles. The Hall–Kier alpha value is -1.84. The van der Waals surface area contributed by atoms with Crippen molar-refractivity contribution in [1.82, 2.24) is 10.1 Å². The molecule has 0 unspecified atom stereocenters. The average Bonchev–Trinajstić information content (AvgIpc) is 2.58. The van der Waals surface area contributed by atoms with E-state index in [4.69, 9.17) is 5.73 Å². The second-order valence-corrected chi connectivity index (χ2v) is 2.39. The summed E-state index contributed by atoms with van der Waals surface area (Å²) < 4.78 is 4.68. The van der Waals surface area contributed by atoms with Crippen molar-refractivity contribution in [2.75, 3.05) is 5.73 Å². The Morgan fingerprint density at radius 2 is 2.17 bits per heavy atom. The molecular weight excluding hydrogens is 154 g/mol. The fourth-order valence-corrected chi connectivity index (χ4v) is 0.907. The van der Waals surface area contributed by atoms with Crippen LogP contribution in [0.5, 0.6) is 0 Å². The highest BCUT2D eigenvalue weighted by Crippen LogP contribution is 2.15. The molecule has 2 aromatic rings. The predicted molar refractivity (Wildman–Crippen MR) is 44.1 cm³/mol. The van der Waals surface area contributed by atoms with Gasteiger partial charge in [-0.05, 0) is 12.1 Å². The highest BCUT2D eigenvalue weighted by atomic mass is 16.5. The molecule has 4 nitrogen and oxygen atoms in total. The van der Waals surface area contributed by atoms with E-state index in [0.29, 0.717) is 5.69 Å². The van der Waals surface area contributed by atoms with Gasteiger partial charge in [0, 0.05) is 0 Å². The van der Waals surface area contributed by atoms with E-state index >= 15 is 0 Å². The number of hydrogen-bond donors (Lipinski definition) is 1. The molecular formula is C8H7N3O. The zero-order chi connectivity index (χ0) is 8.39. The lowest BCUT2D eigenvalue weighted by Crippen LogP contribution is -1.86. The Morgan fingerprint density at radius 3 is 2.75 bits per heavy atom. The molecule has 60 valence electrons. The first-order chi connectivity index (χ1) is 5.86. The smallest absolute Gasteiger partial charge is 0.133 e. The van der Waals surface area contributed by atoms with Crippen LogP contribution in [0.2, 0.25) is 0 Å². The van der Waals surface area contributed by atoms with Crippen LogP contribution >= 0.6 is 0 Å². The monoisotopic (exact) mass is 161 g/mol. The lowest BCUT2D eigenvalue weighted by atomic mass is 10.2. The third-order valence-corrected chi connectivity index (χ3v) is 1.51. The molecule has 0 spiro atoms. The van der Waals surface area contributed by atoms with Crippen molar-refractivity contribution in [3.63, 3.8) is 0 Å². The molecule has 2 rings (SSSR count). The van der Waals surface area contributed by atoms with Crippen molar-refractivity contribution < 1.29 is 4.52 Å². The summed E-state index contributed by atoms with van der Waals surface area (Å²) in [7, 11) is 0. The SMILES string of the molecule is Nc1ccc(-c2cnoc2)nc1. The zero-order valence-electron chi connectivity index (χ0n) is 6.27. The molecule has 0 saturated heterocycles. The fraction of sp³-hybridized carbons (Fsp3) is 0. The minimum absolute atomic E-state index is 0.648. The number of nitrogen functional groups attached to an aromatic ring is 1. The van der Waals surface area contributed by atoms with E-state index in [1.807, 2.05) is 6.07 Å². The van der Waals surface area contributed by atoms with Crippen LogP contribution in [0.25, 0.3) is 11.3 Å². The van der Waals surface area contributed by atoms with E-state index in [1.165, 1.54) is 0 Å². The van der Waals surface area contributed by atoms with E-state index in [-0.39, 0.29) is 0 Å². The van der Waals surface area contributed by atoms with Gasteiger partial charge < -0.3 is 10.3 Å². The maximum Gasteiger partial charge on any atom is 0.133 e. The summed E-state index contributed by atoms with van der Waals surface area (Å²) in [6, 6.07) is 3.61. The lowest BCUT2D eigenvalue weighted by molar-refractivity contribution is 0.420. The van der Waals surface area contributed by atoms with E-state index in [9.17, 15) is 0 Å². The van der Waals surface area contributed by atoms with Crippen LogP contribution < -0.4 is 5.73 Å². The Labute approximate surface area is 69.0 Å². The minimum atomic E-state index is 0.648. The Kier molecular flexibility index (Phi) is 1.51. The molecule has 0 aromatic carbocycles. The fourth-order valence-electron chi connectivity index (χ4n) is 0.907. The second-order valence-electron chi connectivity index (χ2n) is 2.39. The van der Waals surface area contributed by atoms with Crippen LogP contribution in [-0.4, -0.2) is 10.1 Å². The summed E-state index contributed by atoms with van der Waals surface area (Å²) in [5.74, 6) is 0. The van der Waals surface area contributed by atoms with Gasteiger partial charge in [-0.15, -0.1) is 0 Å². The van der Waals surface area contributed by atoms with Crippen molar-refractivity contribution >= 4 is 5.69 Å². The summed E-state index contributed by atoms with van der Waals surface area (Å²) in [6.45, 7) is 0. The first kappa shape index (κ1) is 6.84. The third kappa shape index (κ3) is 1.14. The van der Waals surface area contributed by atoms with Crippen molar-refractivity contribution in [3.05, 3.63) is 30.8 Å². The normalized spacial score (nSPS) is 10.0. The van der Waals surface area contributed by atoms with Gasteiger partial charge in [0.25, 0.3) is 0 Å². The number of nitrogens with zero attached hydrogens (tertiary/aromatic N) is 2. The van der Waals surface area contributed by atoms with Crippen molar-refractivity contribution in [1.29, 1.82) is 0 Å². The van der Waals surface area contributed by atoms with Gasteiger partial charge in [0.05, 0.1) is 29.3 Å². The molecule has 0 aliphatic rings. The van der Waals surface area contributed by atoms with Crippen LogP contribution in [0, 0.1) is 0 Å². The highest BCUT2D eigenvalue weighted by Gasteiger charge is 1.99. The van der Waals surface area contributed by atoms with E-state index < -0.39 is 0 Å². The molecule has 2 heterocycles. The number of nitrogens with two attached hydrogens (primary N) is 1. The van der Waals surface area contributed by atoms with Gasteiger partial charge in [0.1, 0.15) is 6.26 Å². The number of pyridine rings is 1. The number of hydrogen-bond acceptors (Lipinski definition) is 4. The van der Waals surface area contributed by atoms with Crippen molar-refractivity contribution in [3.8, 4) is 11.3 Å². The van der Waals surface area contributed by atoms with Crippen molar-refractivity contribution in [2.45, 2.75) is 0 Å². The number of anilines is 1. The third-order valence-electron chi connectivity index (χ3n) is 1.51. The molecule has 2 N–H and O–H groups in total. The molecule has 0 fully saturated rings. The lowest BCUT2D eigenvalue weighted by Gasteiger charge is -1.94. The van der Waals surface area contributed by atoms with Gasteiger partial charge in [0.2, 0.25) is 0 Å². The molecule has 12 heavy (non-hydrogen) atoms. The molecule has 2 aromatic heterocycles. The summed E-state index contributed by atoms with van der Waals surface area (Å²) >= 11 is 0. The largest absolute Gasteiger partial charge is 0.397 e. The van der Waals surface area contributed by atoms with Crippen molar-refractivity contribution in [2.24, 2.45) is 0 Å². The maximum atomic E-state index is 5.48. The Bertz CT molecular complexity index is 352. The van der Waals surface area contributed by atoms with Crippen LogP contribution in [0.4, 0.5) is 5.69 Å². The predicted octanol–water partition coefficient (Wildman–Crippen LogP) is 1.32. The van der Waals surface area contributed by atoms with E-state index in [2.05, 4.69) is 14.7 Å². The van der Waals surface area contributed by atoms with Gasteiger partial charge in [-0.3, -0.25) is 4.98 Å². The summed E-state index contributed by atoms with van der Waals surface area (Å²) in [5.41, 5.74) is 7.79. The highest BCUT2D eigenvalue weighted by molar-refractivity contribution is 5.57. The number of rotatable bonds is 1. The molecule has 0 bridgehead atoms. The summed E-state index contributed by atoms with van der Waals surface area (Å²) in [6.07, 6.45) is 4.75. The van der Waals surface area contributed by atoms with Gasteiger partial charge in [0.15, 0.2) is 0 Å². The average molecular weight is 161 g/mol. The van der Waals surface area contributed by atoms with E-state index in [1.54, 1.807) is 24.7 Å². The van der Waals surface area contributed by atoms with E-state index in [0.717, 1.165) is 11.3 Å². The van der Waals surface area contributed by atoms with Gasteiger partial charge in [-0.2, -0.15) is 0 Å². The standard InChI is InChI=1S/C8H7N3O/c9-7-1-2-8(10-4-7)6-3-11-12-5-6/h1-5H,9H2. The Balaban J connectivity index is 2.43. The molecule has 0 atom stereocenters. The van der Waals surface area contributed by atoms with Crippen LogP contribution in [-0.2, 0) is 0 Å². The first-order valence-electron chi connectivity index (χ1n) is 3.47. The molecule has 0 amide bonds. The zero-order valence-corrected chi connectivity index (χ0v) is 6.27. The topological polar surface area (TPSA) is 64.9 Å². The quantitative estimate of drug-likeness (QED) is 0.685. The first-order valence-corrected chi connectivity index (χ1v) is 3.47. The summed E-state index contributed by atoms with van der Waals surface area (Å²) in [5, 5.41) is 3.57. The van der Waals surface area contributed by atoms with Gasteiger partial charge in [-0.25, -0.2) is 0 Å². The van der Waals surface area contributed by atoms with Gasteiger partial charge >= 0.3 is 0 Å². The van der Waals surface area contributed by atoms with Gasteiger partial charge in [-0.1, -0.05) is 5.16 Å². The van der Waals surface area contributed by atoms with Crippen LogP contribution in [0.3, 0.4) is 0 Å². The molecule has 4 heteroatoms. The number of aromatic nitrogens is 2. The molecule has 0 radical (unpaired) electrons. The molecule has 0 saturated carbocycles. The minimum Gasteiger partial charge on any atom is -0.397 e. The Morgan fingerprint density at radius 1 is 1.25 bits per heavy atom. The molecule has 0 aliphatic heterocycles. The van der Waals surface area contributed by atoms with Crippen LogP contribution in [0.1, 0.15) is 0 Å². The maximum absolute atomic E-state index is 5.48. The second kappa shape index (κ2) is 2.65.